The van der Waals surface area contributed by atoms with Crippen molar-refractivity contribution in [2.24, 2.45) is 0 Å². The molecule has 0 aliphatic carbocycles. The third-order valence-electron chi connectivity index (χ3n) is 7.73. The Labute approximate surface area is 282 Å². The molecule has 46 heavy (non-hydrogen) atoms. The zero-order valence-corrected chi connectivity index (χ0v) is 28.4. The van der Waals surface area contributed by atoms with E-state index >= 15 is 0 Å². The maximum Gasteiger partial charge on any atom is 0.301 e. The van der Waals surface area contributed by atoms with Gasteiger partial charge in [0.2, 0.25) is 0 Å². The SMILES string of the molecule is CN(C)S(=O)(=O)Nc1cc(-c2c(Cl)n3n(c2=O)CCCC3)c(F)cc1Cl.Nc1cc(-c2c(Cl)n3n(c2=O)CCCC3)c(F)cc1Cl. The second kappa shape index (κ2) is 13.2. The molecule has 11 nitrogen and oxygen atoms in total. The van der Waals surface area contributed by atoms with Crippen LogP contribution in [0.2, 0.25) is 20.4 Å². The van der Waals surface area contributed by atoms with Crippen molar-refractivity contribution in [2.45, 2.75) is 51.9 Å². The molecule has 2 aliphatic heterocycles. The molecule has 0 unspecified atom stereocenters. The Morgan fingerprint density at radius 1 is 0.717 bits per heavy atom. The standard InChI is InChI=1S/C15H17Cl2FN4O3S.C13H12Cl2FN3O/c1-20(2)26(24,25)19-12-7-9(11(18)8-10(12)16)13-14(17)21-5-3-4-6-22(21)15(13)23;14-8-6-9(16)7(5-10(8)17)11-12(15)18-3-1-2-4-19(18)13(11)20/h7-8,19H,3-6H2,1-2H3;5-6H,1-4,17H2. The van der Waals surface area contributed by atoms with Crippen molar-refractivity contribution in [3.63, 3.8) is 0 Å². The molecule has 3 N–H and O–H groups in total. The van der Waals surface area contributed by atoms with Gasteiger partial charge in [0.1, 0.15) is 21.9 Å². The highest BCUT2D eigenvalue weighted by atomic mass is 35.5. The predicted molar refractivity (Wildman–Crippen MR) is 177 cm³/mol. The second-order valence-electron chi connectivity index (χ2n) is 10.9. The first-order chi connectivity index (χ1) is 21.6. The maximum absolute atomic E-state index is 14.5. The van der Waals surface area contributed by atoms with Gasteiger partial charge in [0.25, 0.3) is 11.1 Å². The minimum Gasteiger partial charge on any atom is -0.398 e. The largest absolute Gasteiger partial charge is 0.398 e. The Hall–Kier alpha value is -3.01. The van der Waals surface area contributed by atoms with Crippen LogP contribution in [-0.2, 0) is 36.4 Å². The van der Waals surface area contributed by atoms with Crippen LogP contribution >= 0.6 is 46.4 Å². The lowest BCUT2D eigenvalue weighted by Crippen LogP contribution is -2.29. The summed E-state index contributed by atoms with van der Waals surface area (Å²) < 4.78 is 62.2. The van der Waals surface area contributed by atoms with Crippen molar-refractivity contribution in [1.29, 1.82) is 0 Å². The molecule has 2 aliphatic rings. The van der Waals surface area contributed by atoms with Crippen LogP contribution in [0.3, 0.4) is 0 Å². The summed E-state index contributed by atoms with van der Waals surface area (Å²) in [7, 11) is -1.17. The molecule has 18 heteroatoms. The number of halogens is 6. The van der Waals surface area contributed by atoms with E-state index in [1.807, 2.05) is 0 Å². The summed E-state index contributed by atoms with van der Waals surface area (Å²) in [6.07, 6.45) is 3.55. The van der Waals surface area contributed by atoms with Crippen molar-refractivity contribution in [3.05, 3.63) is 77.0 Å². The highest BCUT2D eigenvalue weighted by molar-refractivity contribution is 7.90. The number of anilines is 2. The number of nitrogens with two attached hydrogens (primary N) is 1. The third kappa shape index (κ3) is 6.30. The summed E-state index contributed by atoms with van der Waals surface area (Å²) in [5, 5.41) is 0.357. The molecule has 248 valence electrons. The van der Waals surface area contributed by atoms with Gasteiger partial charge in [-0.1, -0.05) is 46.4 Å². The molecule has 0 saturated heterocycles. The zero-order valence-electron chi connectivity index (χ0n) is 24.6. The van der Waals surface area contributed by atoms with E-state index in [0.717, 1.165) is 42.1 Å². The van der Waals surface area contributed by atoms with Gasteiger partial charge in [-0.05, 0) is 49.9 Å². The highest BCUT2D eigenvalue weighted by Gasteiger charge is 2.27. The van der Waals surface area contributed by atoms with Gasteiger partial charge in [-0.2, -0.15) is 12.7 Å². The molecule has 4 heterocycles. The van der Waals surface area contributed by atoms with Crippen molar-refractivity contribution in [3.8, 4) is 22.3 Å². The van der Waals surface area contributed by atoms with E-state index < -0.39 is 27.4 Å². The lowest BCUT2D eigenvalue weighted by Gasteiger charge is -2.17. The number of hydrogen-bond donors (Lipinski definition) is 2. The van der Waals surface area contributed by atoms with Crippen molar-refractivity contribution < 1.29 is 17.2 Å². The molecule has 4 aromatic rings. The Bertz CT molecular complexity index is 2070. The van der Waals surface area contributed by atoms with Gasteiger partial charge in [0.05, 0.1) is 32.5 Å². The molecule has 2 aromatic heterocycles. The van der Waals surface area contributed by atoms with Crippen molar-refractivity contribution in [1.82, 2.24) is 23.0 Å². The van der Waals surface area contributed by atoms with Gasteiger partial charge in [-0.3, -0.25) is 23.7 Å². The number of hydrogen-bond acceptors (Lipinski definition) is 5. The molecule has 0 fully saturated rings. The quantitative estimate of drug-likeness (QED) is 0.246. The Morgan fingerprint density at radius 3 is 1.57 bits per heavy atom. The monoisotopic (exact) mass is 737 g/mol. The molecular weight excluding hydrogens is 710 g/mol. The van der Waals surface area contributed by atoms with E-state index in [4.69, 9.17) is 52.1 Å². The molecular formula is C28H29Cl4F2N7O4S. The fourth-order valence-electron chi connectivity index (χ4n) is 5.31. The molecule has 0 atom stereocenters. The van der Waals surface area contributed by atoms with E-state index in [9.17, 15) is 26.8 Å². The fourth-order valence-corrected chi connectivity index (χ4v) is 7.06. The minimum absolute atomic E-state index is 0.00645. The van der Waals surface area contributed by atoms with E-state index in [1.54, 1.807) is 14.0 Å². The van der Waals surface area contributed by atoms with Crippen LogP contribution in [0.1, 0.15) is 25.7 Å². The summed E-state index contributed by atoms with van der Waals surface area (Å²) in [5.74, 6) is -1.36. The highest BCUT2D eigenvalue weighted by Crippen LogP contribution is 2.36. The lowest BCUT2D eigenvalue weighted by atomic mass is 10.1. The summed E-state index contributed by atoms with van der Waals surface area (Å²) in [6, 6.07) is 4.60. The second-order valence-corrected chi connectivity index (χ2v) is 14.3. The molecule has 0 radical (unpaired) electrons. The Morgan fingerprint density at radius 2 is 1.13 bits per heavy atom. The summed E-state index contributed by atoms with van der Waals surface area (Å²) in [6.45, 7) is 2.29. The minimum atomic E-state index is -3.85. The number of benzene rings is 2. The average Bonchev–Trinajstić information content (AvgIpc) is 3.41. The van der Waals surface area contributed by atoms with E-state index in [1.165, 1.54) is 30.9 Å². The first-order valence-corrected chi connectivity index (χ1v) is 17.0. The molecule has 0 saturated carbocycles. The van der Waals surface area contributed by atoms with Crippen LogP contribution < -0.4 is 21.6 Å². The Balaban J connectivity index is 0.000000187. The molecule has 2 aromatic carbocycles. The van der Waals surface area contributed by atoms with Crippen LogP contribution in [0, 0.1) is 11.6 Å². The van der Waals surface area contributed by atoms with Crippen molar-refractivity contribution >= 4 is 68.0 Å². The number of aromatic nitrogens is 4. The number of fused-ring (bicyclic) bond motifs is 2. The maximum atomic E-state index is 14.5. The predicted octanol–water partition coefficient (Wildman–Crippen LogP) is 5.91. The zero-order chi connectivity index (χ0) is 33.7. The molecule has 0 amide bonds. The van der Waals surface area contributed by atoms with Crippen LogP contribution in [0.25, 0.3) is 22.3 Å². The smallest absolute Gasteiger partial charge is 0.301 e. The van der Waals surface area contributed by atoms with Crippen LogP contribution in [0.4, 0.5) is 20.2 Å². The number of nitrogens with zero attached hydrogens (tertiary/aromatic N) is 5. The topological polar surface area (TPSA) is 129 Å². The normalized spacial score (nSPS) is 14.5. The molecule has 0 spiro atoms. The first kappa shape index (κ1) is 34.3. The first-order valence-electron chi connectivity index (χ1n) is 14.1. The van der Waals surface area contributed by atoms with Gasteiger partial charge in [-0.25, -0.2) is 18.1 Å². The molecule has 6 rings (SSSR count). The number of rotatable bonds is 5. The fraction of sp³-hybridized carbons (Fsp3) is 0.357. The molecule has 0 bridgehead atoms. The van der Waals surface area contributed by atoms with E-state index in [2.05, 4.69) is 4.72 Å². The van der Waals surface area contributed by atoms with Gasteiger partial charge in [0.15, 0.2) is 0 Å². The van der Waals surface area contributed by atoms with E-state index in [0.29, 0.717) is 26.2 Å². The summed E-state index contributed by atoms with van der Waals surface area (Å²) in [4.78, 5) is 25.1. The van der Waals surface area contributed by atoms with Crippen LogP contribution in [0.5, 0.6) is 0 Å². The van der Waals surface area contributed by atoms with Crippen LogP contribution in [0.15, 0.2) is 33.9 Å². The average molecular weight is 739 g/mol. The van der Waals surface area contributed by atoms with Gasteiger partial charge >= 0.3 is 10.2 Å². The summed E-state index contributed by atoms with van der Waals surface area (Å²) >= 11 is 24.3. The van der Waals surface area contributed by atoms with Gasteiger partial charge in [-0.15, -0.1) is 0 Å². The Kier molecular flexibility index (Phi) is 9.88. The lowest BCUT2D eigenvalue weighted by molar-refractivity contribution is 0.356. The third-order valence-corrected chi connectivity index (χ3v) is 10.6. The summed E-state index contributed by atoms with van der Waals surface area (Å²) in [5.41, 5.74) is 5.29. The van der Waals surface area contributed by atoms with Gasteiger partial charge < -0.3 is 5.73 Å². The number of nitrogen functional groups attached to an aromatic ring is 1. The van der Waals surface area contributed by atoms with Crippen molar-refractivity contribution in [2.75, 3.05) is 24.6 Å². The van der Waals surface area contributed by atoms with E-state index in [-0.39, 0.29) is 59.5 Å². The van der Waals surface area contributed by atoms with Gasteiger partial charge in [0, 0.05) is 51.4 Å². The number of nitrogens with one attached hydrogen (secondary N) is 1. The van der Waals surface area contributed by atoms with Crippen LogP contribution in [-0.4, -0.2) is 45.5 Å².